The van der Waals surface area contributed by atoms with Gasteiger partial charge in [0.05, 0.1) is 6.61 Å². The molecular formula is C61H106O5. The van der Waals surface area contributed by atoms with Crippen LogP contribution >= 0.6 is 0 Å². The molecule has 0 rings (SSSR count). The van der Waals surface area contributed by atoms with Gasteiger partial charge in [0.1, 0.15) is 6.61 Å². The first-order valence-electron chi connectivity index (χ1n) is 28.1. The van der Waals surface area contributed by atoms with E-state index in [1.54, 1.807) is 0 Å². The summed E-state index contributed by atoms with van der Waals surface area (Å²) in [4.78, 5) is 25.5. The van der Waals surface area contributed by atoms with Crippen molar-refractivity contribution in [2.75, 3.05) is 19.8 Å². The van der Waals surface area contributed by atoms with Gasteiger partial charge in [0, 0.05) is 19.4 Å². The van der Waals surface area contributed by atoms with Crippen molar-refractivity contribution in [1.29, 1.82) is 0 Å². The summed E-state index contributed by atoms with van der Waals surface area (Å²) >= 11 is 0. The van der Waals surface area contributed by atoms with Crippen molar-refractivity contribution >= 4 is 11.9 Å². The van der Waals surface area contributed by atoms with Crippen LogP contribution in [0.1, 0.15) is 265 Å². The maximum Gasteiger partial charge on any atom is 0.306 e. The van der Waals surface area contributed by atoms with E-state index < -0.39 is 6.10 Å². The molecule has 0 aliphatic heterocycles. The molecule has 0 heterocycles. The van der Waals surface area contributed by atoms with Crippen LogP contribution in [0.25, 0.3) is 0 Å². The Morgan fingerprint density at radius 1 is 0.348 bits per heavy atom. The predicted molar refractivity (Wildman–Crippen MR) is 288 cm³/mol. The smallest absolute Gasteiger partial charge is 0.306 e. The van der Waals surface area contributed by atoms with Crippen molar-refractivity contribution in [1.82, 2.24) is 0 Å². The minimum atomic E-state index is -0.560. The fourth-order valence-corrected chi connectivity index (χ4v) is 7.81. The number of carbonyl (C=O) groups excluding carboxylic acids is 2. The average molecular weight is 920 g/mol. The summed E-state index contributed by atoms with van der Waals surface area (Å²) in [6.07, 6.45) is 74.6. The molecule has 0 amide bonds. The Kier molecular flexibility index (Phi) is 53.9. The average Bonchev–Trinajstić information content (AvgIpc) is 3.32. The molecule has 1 unspecified atom stereocenters. The van der Waals surface area contributed by atoms with Crippen LogP contribution in [0, 0.1) is 0 Å². The number of hydrogen-bond donors (Lipinski definition) is 0. The molecule has 0 spiro atoms. The molecule has 0 N–H and O–H groups in total. The molecule has 0 aromatic heterocycles. The Balaban J connectivity index is 4.29. The lowest BCUT2D eigenvalue weighted by Gasteiger charge is -2.18. The zero-order valence-corrected chi connectivity index (χ0v) is 43.7. The molecule has 0 saturated carbocycles. The molecule has 0 fully saturated rings. The first kappa shape index (κ1) is 63.1. The van der Waals surface area contributed by atoms with Gasteiger partial charge >= 0.3 is 11.9 Å². The summed E-state index contributed by atoms with van der Waals surface area (Å²) < 4.78 is 17.4. The highest BCUT2D eigenvalue weighted by Crippen LogP contribution is 2.15. The van der Waals surface area contributed by atoms with E-state index in [1.165, 1.54) is 135 Å². The molecule has 0 saturated heterocycles. The van der Waals surface area contributed by atoms with Crippen LogP contribution in [0.2, 0.25) is 0 Å². The molecule has 0 aliphatic rings. The van der Waals surface area contributed by atoms with Crippen LogP contribution in [0.3, 0.4) is 0 Å². The maximum atomic E-state index is 12.8. The van der Waals surface area contributed by atoms with Gasteiger partial charge in [0.2, 0.25) is 0 Å². The van der Waals surface area contributed by atoms with E-state index in [0.29, 0.717) is 19.4 Å². The van der Waals surface area contributed by atoms with Crippen molar-refractivity contribution in [3.05, 3.63) is 85.1 Å². The topological polar surface area (TPSA) is 61.8 Å². The molecule has 0 radical (unpaired) electrons. The highest BCUT2D eigenvalue weighted by Gasteiger charge is 2.17. The van der Waals surface area contributed by atoms with Crippen molar-refractivity contribution in [3.8, 4) is 0 Å². The van der Waals surface area contributed by atoms with Gasteiger partial charge in [-0.25, -0.2) is 0 Å². The fourth-order valence-electron chi connectivity index (χ4n) is 7.81. The Morgan fingerprint density at radius 3 is 1.11 bits per heavy atom. The zero-order valence-electron chi connectivity index (χ0n) is 43.7. The van der Waals surface area contributed by atoms with Crippen molar-refractivity contribution < 1.29 is 23.8 Å². The number of esters is 2. The molecule has 0 aromatic carbocycles. The number of hydrogen-bond acceptors (Lipinski definition) is 5. The molecule has 1 atom stereocenters. The van der Waals surface area contributed by atoms with Crippen molar-refractivity contribution in [2.24, 2.45) is 0 Å². The number of unbranched alkanes of at least 4 members (excludes halogenated alkanes) is 26. The van der Waals surface area contributed by atoms with Gasteiger partial charge in [-0.15, -0.1) is 0 Å². The Morgan fingerprint density at radius 2 is 0.682 bits per heavy atom. The van der Waals surface area contributed by atoms with E-state index in [-0.39, 0.29) is 25.2 Å². The summed E-state index contributed by atoms with van der Waals surface area (Å²) in [5.41, 5.74) is 0. The third-order valence-corrected chi connectivity index (χ3v) is 11.9. The lowest BCUT2D eigenvalue weighted by molar-refractivity contribution is -0.163. The summed E-state index contributed by atoms with van der Waals surface area (Å²) in [7, 11) is 0. The first-order valence-corrected chi connectivity index (χ1v) is 28.1. The molecule has 0 aromatic rings. The molecular weight excluding hydrogens is 813 g/mol. The first-order chi connectivity index (χ1) is 32.6. The van der Waals surface area contributed by atoms with E-state index in [1.807, 2.05) is 0 Å². The van der Waals surface area contributed by atoms with E-state index in [9.17, 15) is 9.59 Å². The van der Waals surface area contributed by atoms with Crippen LogP contribution in [0.5, 0.6) is 0 Å². The van der Waals surface area contributed by atoms with Crippen LogP contribution in [0.15, 0.2) is 85.1 Å². The van der Waals surface area contributed by atoms with Gasteiger partial charge in [0.25, 0.3) is 0 Å². The Bertz CT molecular complexity index is 1220. The molecule has 66 heavy (non-hydrogen) atoms. The van der Waals surface area contributed by atoms with Gasteiger partial charge in [-0.3, -0.25) is 9.59 Å². The minimum absolute atomic E-state index is 0.0680. The number of rotatable bonds is 51. The molecule has 5 heteroatoms. The zero-order chi connectivity index (χ0) is 47.7. The predicted octanol–water partition coefficient (Wildman–Crippen LogP) is 19.2. The lowest BCUT2D eigenvalue weighted by Crippen LogP contribution is -2.30. The van der Waals surface area contributed by atoms with Gasteiger partial charge in [-0.2, -0.15) is 0 Å². The molecule has 380 valence electrons. The number of carbonyl (C=O) groups is 2. The van der Waals surface area contributed by atoms with E-state index >= 15 is 0 Å². The number of ether oxygens (including phenoxy) is 3. The van der Waals surface area contributed by atoms with Gasteiger partial charge in [-0.1, -0.05) is 247 Å². The lowest BCUT2D eigenvalue weighted by atomic mass is 10.0. The normalized spacial score (nSPS) is 12.8. The standard InChI is InChI=1S/C61H106O5/c1-4-7-10-13-16-19-22-25-27-29-30-31-33-35-38-41-44-47-50-53-56-64-57-59(66-61(63)55-52-49-46-43-40-36-24-21-18-15-12-9-6-3)58-65-60(62)54-51-48-45-42-39-37-34-32-28-26-23-20-17-14-11-8-5-2/h7,9-10,12,16,18-19,21,25,27,30-31,36,40,59H,4-6,8,11,13-15,17,20,22-24,26,28-29,32-35,37-39,41-58H2,1-3H3/b10-7-,12-9-,19-16-,21-18-,27-25-,31-30-,40-36-. The van der Waals surface area contributed by atoms with Crippen LogP contribution in [0.4, 0.5) is 0 Å². The highest BCUT2D eigenvalue weighted by atomic mass is 16.6. The number of allylic oxidation sites excluding steroid dienone is 14. The van der Waals surface area contributed by atoms with E-state index in [2.05, 4.69) is 106 Å². The summed E-state index contributed by atoms with van der Waals surface area (Å²) in [5.74, 6) is -0.431. The second-order valence-electron chi connectivity index (χ2n) is 18.4. The Labute approximate surface area is 409 Å². The fraction of sp³-hybridized carbons (Fsp3) is 0.738. The second kappa shape index (κ2) is 56.4. The van der Waals surface area contributed by atoms with Crippen molar-refractivity contribution in [3.63, 3.8) is 0 Å². The van der Waals surface area contributed by atoms with Crippen LogP contribution < -0.4 is 0 Å². The maximum absolute atomic E-state index is 12.8. The molecule has 5 nitrogen and oxygen atoms in total. The third kappa shape index (κ3) is 53.7. The van der Waals surface area contributed by atoms with E-state index in [0.717, 1.165) is 96.3 Å². The van der Waals surface area contributed by atoms with Crippen LogP contribution in [-0.4, -0.2) is 37.9 Å². The monoisotopic (exact) mass is 919 g/mol. The summed E-state index contributed by atoms with van der Waals surface area (Å²) in [6.45, 7) is 7.57. The SMILES string of the molecule is CC/C=C\C/C=C\C/C=C\C/C=C\CCCCCCCCCOCC(COC(=O)CCCCCCCCCCCCCCCCCCC)OC(=O)CCCCC/C=C\C/C=C\C/C=C\CC. The quantitative estimate of drug-likeness (QED) is 0.0346. The molecule has 0 bridgehead atoms. The van der Waals surface area contributed by atoms with Crippen LogP contribution in [-0.2, 0) is 23.8 Å². The van der Waals surface area contributed by atoms with Gasteiger partial charge < -0.3 is 14.2 Å². The Hall–Kier alpha value is -2.92. The van der Waals surface area contributed by atoms with E-state index in [4.69, 9.17) is 14.2 Å². The van der Waals surface area contributed by atoms with Gasteiger partial charge in [-0.05, 0) is 89.9 Å². The van der Waals surface area contributed by atoms with Crippen molar-refractivity contribution in [2.45, 2.75) is 271 Å². The largest absolute Gasteiger partial charge is 0.462 e. The second-order valence-corrected chi connectivity index (χ2v) is 18.4. The molecule has 0 aliphatic carbocycles. The minimum Gasteiger partial charge on any atom is -0.462 e. The van der Waals surface area contributed by atoms with Gasteiger partial charge in [0.15, 0.2) is 6.10 Å². The summed E-state index contributed by atoms with van der Waals surface area (Å²) in [5, 5.41) is 0. The summed E-state index contributed by atoms with van der Waals surface area (Å²) in [6, 6.07) is 0. The highest BCUT2D eigenvalue weighted by molar-refractivity contribution is 5.70. The third-order valence-electron chi connectivity index (χ3n) is 11.9.